The standard InChI is InChI=1S/C64H107N5O46/c1-15(78)65-29-40(89)49(24(10-74)100-56(29)98)109-58-31(67-17(3)80)42(91)52(27(13-77)105-58)112-62-48(97)53(113-64-55(46(95)37(86)23(9-73)104-64)115-60-32(68-18(4)81)41(90)50(25(11-75)106-60)110-57-30(66-16(2)79)39(88)34(83)20(6-70)101-57)38(87)28(108-62)14-99-63-54(45(94)36(85)22(8-72)103-63)114-59-33(69-19(5)82)43(92)51(26(12-76)107-59)111-61-47(96)44(93)35(84)21(7-71)102-61/h20-64,70-77,83-98H,6-14H2,1-5H3,(H,65,78)(H,66,79)(H,67,80)(H,68,81)(H,69,82)/t20-,21-,22-,23-,24-,25-,26-,27-,28-,29-,30-,31-,32-,33-,34+,35+,36-,37-,38-,39-,40-,41-,42-,43-,44+,45+,46+,47-,48+,49-,50-,51-,52-,53+,54+,55+,56?,57+,58+,59+,60+,61+,62+,63+,64-/m1/s1. The average Bonchev–Trinajstić information content (AvgIpc) is 0.770. The number of hydrogen-bond donors (Lipinski definition) is 29. The van der Waals surface area contributed by atoms with Crippen LogP contribution < -0.4 is 26.6 Å². The van der Waals surface area contributed by atoms with Crippen LogP contribution >= 0.6 is 0 Å². The van der Waals surface area contributed by atoms with Gasteiger partial charge < -0.3 is 230 Å². The van der Waals surface area contributed by atoms with Gasteiger partial charge in [0.1, 0.15) is 219 Å². The lowest BCUT2D eigenvalue weighted by Gasteiger charge is -2.51. The molecule has 9 fully saturated rings. The van der Waals surface area contributed by atoms with Crippen molar-refractivity contribution in [3.05, 3.63) is 0 Å². The van der Waals surface area contributed by atoms with Crippen molar-refractivity contribution in [2.75, 3.05) is 59.5 Å². The number of hydrogen-bond acceptors (Lipinski definition) is 46. The summed E-state index contributed by atoms with van der Waals surface area (Å²) in [5, 5.41) is 280. The van der Waals surface area contributed by atoms with Crippen LogP contribution in [0.5, 0.6) is 0 Å². The second kappa shape index (κ2) is 41.5. The van der Waals surface area contributed by atoms with E-state index in [-0.39, 0.29) is 0 Å². The van der Waals surface area contributed by atoms with Gasteiger partial charge in [-0.15, -0.1) is 0 Å². The summed E-state index contributed by atoms with van der Waals surface area (Å²) >= 11 is 0. The minimum Gasteiger partial charge on any atom is -0.394 e. The molecule has 45 atom stereocenters. The van der Waals surface area contributed by atoms with E-state index in [1.165, 1.54) is 0 Å². The monoisotopic (exact) mass is 1680 g/mol. The smallest absolute Gasteiger partial charge is 0.217 e. The van der Waals surface area contributed by atoms with Crippen LogP contribution in [0.3, 0.4) is 0 Å². The fourth-order valence-electron chi connectivity index (χ4n) is 14.9. The van der Waals surface area contributed by atoms with Crippen molar-refractivity contribution >= 4 is 29.5 Å². The molecule has 9 rings (SSSR count). The van der Waals surface area contributed by atoms with E-state index in [9.17, 15) is 147 Å². The molecule has 9 saturated heterocycles. The van der Waals surface area contributed by atoms with Crippen LogP contribution in [-0.2, 0) is 104 Å². The molecule has 5 amide bonds. The van der Waals surface area contributed by atoms with Crippen molar-refractivity contribution in [2.24, 2.45) is 0 Å². The summed E-state index contributed by atoms with van der Waals surface area (Å²) in [7, 11) is 0. The molecule has 9 aliphatic heterocycles. The highest BCUT2D eigenvalue weighted by Gasteiger charge is 2.61. The first kappa shape index (κ1) is 94.6. The molecule has 664 valence electrons. The third-order valence-corrected chi connectivity index (χ3v) is 20.8. The second-order valence-electron chi connectivity index (χ2n) is 28.9. The van der Waals surface area contributed by atoms with Gasteiger partial charge in [0.05, 0.1) is 59.5 Å². The summed E-state index contributed by atoms with van der Waals surface area (Å²) in [4.78, 5) is 63.4. The second-order valence-corrected chi connectivity index (χ2v) is 28.9. The Morgan fingerprint density at radius 2 is 0.478 bits per heavy atom. The zero-order valence-electron chi connectivity index (χ0n) is 62.1. The lowest BCUT2D eigenvalue weighted by Crippen LogP contribution is -2.71. The Morgan fingerprint density at radius 1 is 0.226 bits per heavy atom. The molecule has 0 aliphatic carbocycles. The number of ether oxygens (including phenoxy) is 17. The fourth-order valence-corrected chi connectivity index (χ4v) is 14.9. The SMILES string of the molecule is CC(=O)N[C@H]1[C@H](O[C@H]2[C@H](O)[C@@H](NC(C)=O)C(O)O[C@@H]2CO)O[C@H](CO)[C@@H](O[C@@H]2O[C@H](CO[C@H]3O[C@H](CO)[C@@H](O)[C@H](O)[C@@H]3O[C@@H]3O[C@H](CO)[C@@H](O[C@@H]4O[C@H](CO)[C@H](O)[C@H](O)[C@H]4O)[C@H](O)[C@H]3NC(C)=O)[C@@H](O)[C@H](O[C@H]3O[C@H](CO)[C@@H](O)[C@H](O)[C@@H]3O[C@@H]3O[C@H](CO)[C@@H](O[C@@H]4O[C@H](CO)[C@H](O)[C@H](O)[C@H]4NC(C)=O)[C@H](O)[C@H]3NC(C)=O)[C@@H]2O)[C@@H]1O. The van der Waals surface area contributed by atoms with E-state index in [1.54, 1.807) is 0 Å². The van der Waals surface area contributed by atoms with E-state index in [0.717, 1.165) is 34.6 Å². The fraction of sp³-hybridized carbons (Fsp3) is 0.922. The minimum atomic E-state index is -2.58. The molecule has 29 N–H and O–H groups in total. The zero-order chi connectivity index (χ0) is 84.8. The maximum Gasteiger partial charge on any atom is 0.217 e. The van der Waals surface area contributed by atoms with Crippen LogP contribution in [-0.4, -0.2) is 488 Å². The molecule has 0 aromatic heterocycles. The number of carbonyl (C=O) groups is 5. The van der Waals surface area contributed by atoms with Gasteiger partial charge >= 0.3 is 0 Å². The van der Waals surface area contributed by atoms with Gasteiger partial charge in [-0.3, -0.25) is 24.0 Å². The Morgan fingerprint density at radius 3 is 0.852 bits per heavy atom. The average molecular weight is 1680 g/mol. The summed E-state index contributed by atoms with van der Waals surface area (Å²) in [6, 6.07) is -9.12. The van der Waals surface area contributed by atoms with Gasteiger partial charge in [-0.1, -0.05) is 0 Å². The van der Waals surface area contributed by atoms with Crippen LogP contribution in [0.25, 0.3) is 0 Å². The van der Waals surface area contributed by atoms with E-state index in [2.05, 4.69) is 26.6 Å². The summed E-state index contributed by atoms with van der Waals surface area (Å²) in [6.07, 6.45) is -83.0. The van der Waals surface area contributed by atoms with Gasteiger partial charge in [-0.05, 0) is 0 Å². The van der Waals surface area contributed by atoms with E-state index in [1.807, 2.05) is 0 Å². The highest BCUT2D eigenvalue weighted by Crippen LogP contribution is 2.40. The molecule has 51 heteroatoms. The van der Waals surface area contributed by atoms with E-state index < -0.39 is 365 Å². The van der Waals surface area contributed by atoms with Gasteiger partial charge in [-0.25, -0.2) is 0 Å². The number of aliphatic hydroxyl groups is 24. The Labute approximate surface area is 651 Å². The van der Waals surface area contributed by atoms with Crippen LogP contribution in [0.4, 0.5) is 0 Å². The number of carbonyl (C=O) groups excluding carboxylic acids is 5. The minimum absolute atomic E-state index is 0.790. The highest BCUT2D eigenvalue weighted by molar-refractivity contribution is 5.75. The maximum absolute atomic E-state index is 13.0. The van der Waals surface area contributed by atoms with Crippen LogP contribution in [0.2, 0.25) is 0 Å². The van der Waals surface area contributed by atoms with Gasteiger partial charge in [0.15, 0.2) is 56.6 Å². The summed E-state index contributed by atoms with van der Waals surface area (Å²) in [5.74, 6) is -4.44. The molecule has 9 aliphatic rings. The quantitative estimate of drug-likeness (QED) is 0.0318. The molecular weight excluding hydrogens is 1570 g/mol. The molecular formula is C64H107N5O46. The first-order valence-corrected chi connectivity index (χ1v) is 36.6. The first-order valence-electron chi connectivity index (χ1n) is 36.6. The molecule has 51 nitrogen and oxygen atoms in total. The molecule has 9 heterocycles. The van der Waals surface area contributed by atoms with Crippen molar-refractivity contribution in [1.82, 2.24) is 26.6 Å². The van der Waals surface area contributed by atoms with Crippen molar-refractivity contribution in [1.29, 1.82) is 0 Å². The van der Waals surface area contributed by atoms with E-state index in [0.29, 0.717) is 0 Å². The van der Waals surface area contributed by atoms with Crippen LogP contribution in [0, 0.1) is 0 Å². The molecule has 0 aromatic rings. The normalized spacial score (nSPS) is 47.9. The number of aliphatic hydroxyl groups excluding tert-OH is 24. The molecule has 1 unspecified atom stereocenters. The largest absolute Gasteiger partial charge is 0.394 e. The van der Waals surface area contributed by atoms with Crippen molar-refractivity contribution in [3.8, 4) is 0 Å². The third-order valence-electron chi connectivity index (χ3n) is 20.8. The van der Waals surface area contributed by atoms with E-state index in [4.69, 9.17) is 80.5 Å². The first-order chi connectivity index (χ1) is 54.4. The Balaban J connectivity index is 1.06. The number of nitrogens with one attached hydrogen (secondary N) is 5. The van der Waals surface area contributed by atoms with Gasteiger partial charge in [0.25, 0.3) is 0 Å². The van der Waals surface area contributed by atoms with Crippen LogP contribution in [0.1, 0.15) is 34.6 Å². The summed E-state index contributed by atoms with van der Waals surface area (Å²) in [5.41, 5.74) is 0. The molecule has 0 bridgehead atoms. The van der Waals surface area contributed by atoms with E-state index >= 15 is 0 Å². The molecule has 0 radical (unpaired) electrons. The lowest BCUT2D eigenvalue weighted by atomic mass is 9.93. The summed E-state index contributed by atoms with van der Waals surface area (Å²) < 4.78 is 101. The highest BCUT2D eigenvalue weighted by atomic mass is 16.8. The Bertz CT molecular complexity index is 3100. The van der Waals surface area contributed by atoms with Gasteiger partial charge in [-0.2, -0.15) is 0 Å². The number of rotatable bonds is 30. The predicted molar refractivity (Wildman–Crippen MR) is 355 cm³/mol. The summed E-state index contributed by atoms with van der Waals surface area (Å²) in [6.45, 7) is -5.03. The Kier molecular flexibility index (Phi) is 34.1. The molecule has 0 spiro atoms. The van der Waals surface area contributed by atoms with Crippen LogP contribution in [0.15, 0.2) is 0 Å². The van der Waals surface area contributed by atoms with Crippen molar-refractivity contribution in [3.63, 3.8) is 0 Å². The van der Waals surface area contributed by atoms with Gasteiger partial charge in [0, 0.05) is 34.6 Å². The molecule has 115 heavy (non-hydrogen) atoms. The third kappa shape index (κ3) is 21.3. The van der Waals surface area contributed by atoms with Crippen molar-refractivity contribution < 1.29 is 227 Å². The molecule has 0 aromatic carbocycles. The number of amides is 5. The zero-order valence-corrected chi connectivity index (χ0v) is 62.1. The van der Waals surface area contributed by atoms with Gasteiger partial charge in [0.2, 0.25) is 29.5 Å². The Hall–Kier alpha value is -4.29. The predicted octanol–water partition coefficient (Wildman–Crippen LogP) is -19.9. The lowest BCUT2D eigenvalue weighted by molar-refractivity contribution is -0.398. The topological polar surface area (TPSA) is 788 Å². The van der Waals surface area contributed by atoms with Crippen molar-refractivity contribution in [2.45, 2.75) is 311 Å². The molecule has 0 saturated carbocycles. The maximum atomic E-state index is 13.0.